The Bertz CT molecular complexity index is 943. The van der Waals surface area contributed by atoms with Crippen molar-refractivity contribution in [2.45, 2.75) is 43.7 Å². The average molecular weight is 454 g/mol. The molecule has 2 fully saturated rings. The zero-order valence-corrected chi connectivity index (χ0v) is 18.0. The van der Waals surface area contributed by atoms with Gasteiger partial charge in [0.15, 0.2) is 0 Å². The van der Waals surface area contributed by atoms with Crippen LogP contribution in [0.2, 0.25) is 0 Å². The van der Waals surface area contributed by atoms with Gasteiger partial charge < -0.3 is 20.8 Å². The number of hydrogen-bond acceptors (Lipinski definition) is 8. The topological polar surface area (TPSA) is 179 Å². The Morgan fingerprint density at radius 1 is 1.18 bits per heavy atom. The minimum atomic E-state index is -1.26. The van der Waals surface area contributed by atoms with E-state index in [1.807, 2.05) is 11.0 Å². The Kier molecular flexibility index (Phi) is 9.33. The molecule has 1 aliphatic heterocycles. The Labute approximate surface area is 191 Å². The summed E-state index contributed by atoms with van der Waals surface area (Å²) in [6, 6.07) is 7.67. The van der Waals surface area contributed by atoms with Crippen LogP contribution in [0.4, 0.5) is 5.82 Å². The highest BCUT2D eigenvalue weighted by atomic mass is 16.4. The fourth-order valence-corrected chi connectivity index (χ4v) is 3.60. The quantitative estimate of drug-likeness (QED) is 0.415. The lowest BCUT2D eigenvalue weighted by molar-refractivity contribution is -0.134. The van der Waals surface area contributed by atoms with Crippen LogP contribution < -0.4 is 10.6 Å². The molecule has 1 amide bonds. The Morgan fingerprint density at radius 2 is 1.88 bits per heavy atom. The van der Waals surface area contributed by atoms with Crippen LogP contribution in [0.15, 0.2) is 30.5 Å². The number of carbonyl (C=O) groups is 3. The molecule has 0 spiro atoms. The molecule has 1 aromatic heterocycles. The molecule has 0 radical (unpaired) electrons. The maximum Gasteiger partial charge on any atom is 0.328 e. The molecule has 1 aliphatic carbocycles. The van der Waals surface area contributed by atoms with Gasteiger partial charge in [0, 0.05) is 31.4 Å². The van der Waals surface area contributed by atoms with E-state index in [4.69, 9.17) is 20.7 Å². The lowest BCUT2D eigenvalue weighted by Gasteiger charge is -2.43. The molecule has 0 unspecified atom stereocenters. The highest BCUT2D eigenvalue weighted by molar-refractivity contribution is 5.89. The molecule has 2 aliphatic rings. The van der Waals surface area contributed by atoms with Gasteiger partial charge in [0.1, 0.15) is 11.9 Å². The van der Waals surface area contributed by atoms with E-state index in [0.29, 0.717) is 30.1 Å². The zero-order valence-electron chi connectivity index (χ0n) is 18.0. The van der Waals surface area contributed by atoms with Crippen LogP contribution in [-0.2, 0) is 14.4 Å². The maximum absolute atomic E-state index is 12.4. The molecule has 1 atom stereocenters. The van der Waals surface area contributed by atoms with Crippen LogP contribution in [0.25, 0.3) is 0 Å². The van der Waals surface area contributed by atoms with Gasteiger partial charge in [0.05, 0.1) is 29.8 Å². The molecular formula is C22H26N6O5. The minimum absolute atomic E-state index is 0.0172. The maximum atomic E-state index is 12.4. The van der Waals surface area contributed by atoms with Crippen LogP contribution >= 0.6 is 0 Å². The van der Waals surface area contributed by atoms with E-state index in [1.54, 1.807) is 12.1 Å². The number of likely N-dealkylation sites (tertiary alicyclic amines) is 1. The summed E-state index contributed by atoms with van der Waals surface area (Å²) in [5.41, 5.74) is 0.281. The Balaban J connectivity index is 0.000000414. The van der Waals surface area contributed by atoms with E-state index in [-0.39, 0.29) is 24.0 Å². The fourth-order valence-electron chi connectivity index (χ4n) is 3.60. The molecule has 11 heteroatoms. The minimum Gasteiger partial charge on any atom is -0.478 e. The summed E-state index contributed by atoms with van der Waals surface area (Å²) in [6.45, 7) is 1.71. The van der Waals surface area contributed by atoms with Gasteiger partial charge in [0.2, 0.25) is 5.91 Å². The number of amides is 1. The smallest absolute Gasteiger partial charge is 0.328 e. The number of hydrogen-bond donors (Lipinski definition) is 4. The second-order valence-corrected chi connectivity index (χ2v) is 7.85. The molecule has 11 nitrogen and oxygen atoms in total. The van der Waals surface area contributed by atoms with Crippen LogP contribution in [0.5, 0.6) is 0 Å². The Morgan fingerprint density at radius 3 is 2.36 bits per heavy atom. The summed E-state index contributed by atoms with van der Waals surface area (Å²) in [4.78, 5) is 37.7. The van der Waals surface area contributed by atoms with Gasteiger partial charge in [-0.05, 0) is 44.2 Å². The van der Waals surface area contributed by atoms with Gasteiger partial charge in [-0.2, -0.15) is 10.5 Å². The summed E-state index contributed by atoms with van der Waals surface area (Å²) in [5.74, 6) is -1.83. The van der Waals surface area contributed by atoms with Crippen molar-refractivity contribution in [2.75, 3.05) is 25.0 Å². The molecule has 1 saturated carbocycles. The van der Waals surface area contributed by atoms with Crippen molar-refractivity contribution in [3.05, 3.63) is 36.0 Å². The van der Waals surface area contributed by atoms with E-state index in [0.717, 1.165) is 38.6 Å². The van der Waals surface area contributed by atoms with Gasteiger partial charge in [0.25, 0.3) is 0 Å². The summed E-state index contributed by atoms with van der Waals surface area (Å²) in [5, 5.41) is 40.0. The van der Waals surface area contributed by atoms with Crippen molar-refractivity contribution < 1.29 is 24.6 Å². The first kappa shape index (κ1) is 25.3. The van der Waals surface area contributed by atoms with Gasteiger partial charge in [-0.3, -0.25) is 9.69 Å². The molecule has 174 valence electrons. The number of pyridine rings is 1. The van der Waals surface area contributed by atoms with E-state index in [9.17, 15) is 14.4 Å². The number of carboxylic acid groups (broad SMARTS) is 2. The molecule has 33 heavy (non-hydrogen) atoms. The van der Waals surface area contributed by atoms with E-state index >= 15 is 0 Å². The number of nitrogens with one attached hydrogen (secondary N) is 2. The second-order valence-electron chi connectivity index (χ2n) is 7.85. The normalized spacial score (nSPS) is 18.7. The lowest BCUT2D eigenvalue weighted by Crippen LogP contribution is -2.59. The Hall–Kier alpha value is -3.96. The van der Waals surface area contributed by atoms with E-state index < -0.39 is 11.9 Å². The first-order chi connectivity index (χ1) is 15.8. The molecule has 4 N–H and O–H groups in total. The molecular weight excluding hydrogens is 428 g/mol. The predicted molar refractivity (Wildman–Crippen MR) is 117 cm³/mol. The zero-order chi connectivity index (χ0) is 24.3. The first-order valence-electron chi connectivity index (χ1n) is 10.5. The van der Waals surface area contributed by atoms with Gasteiger partial charge in [-0.15, -0.1) is 0 Å². The van der Waals surface area contributed by atoms with Crippen LogP contribution in [0.1, 0.15) is 37.7 Å². The number of anilines is 1. The average Bonchev–Trinajstić information content (AvgIpc) is 3.21. The van der Waals surface area contributed by atoms with Crippen molar-refractivity contribution in [1.29, 1.82) is 10.5 Å². The molecule has 3 rings (SSSR count). The van der Waals surface area contributed by atoms with E-state index in [1.165, 1.54) is 6.20 Å². The van der Waals surface area contributed by atoms with Gasteiger partial charge >= 0.3 is 11.9 Å². The first-order valence-corrected chi connectivity index (χ1v) is 10.5. The van der Waals surface area contributed by atoms with Gasteiger partial charge in [-0.1, -0.05) is 0 Å². The highest BCUT2D eigenvalue weighted by Gasteiger charge is 2.39. The van der Waals surface area contributed by atoms with Crippen molar-refractivity contribution in [1.82, 2.24) is 15.2 Å². The number of rotatable bonds is 8. The third-order valence-electron chi connectivity index (χ3n) is 5.44. The monoisotopic (exact) mass is 454 g/mol. The van der Waals surface area contributed by atoms with Crippen molar-refractivity contribution in [2.24, 2.45) is 0 Å². The second kappa shape index (κ2) is 12.2. The number of carbonyl (C=O) groups excluding carboxylic acids is 1. The molecule has 0 bridgehead atoms. The molecule has 1 saturated heterocycles. The number of carboxylic acids is 2. The fraction of sp³-hybridized carbons (Fsp3) is 0.455. The van der Waals surface area contributed by atoms with Crippen LogP contribution in [0, 0.1) is 22.7 Å². The largest absolute Gasteiger partial charge is 0.478 e. The van der Waals surface area contributed by atoms with Gasteiger partial charge in [-0.25, -0.2) is 14.6 Å². The van der Waals surface area contributed by atoms with Crippen molar-refractivity contribution >= 4 is 23.7 Å². The predicted octanol–water partition coefficient (Wildman–Crippen LogP) is 1.10. The number of aliphatic carboxylic acids is 2. The standard InChI is InChI=1S/C18H22N6O.C4H4O4/c19-9-14-4-5-16(21-11-14)22-13-18(6-2-7-18)23-17(25)12-24-8-1-3-15(24)10-20;5-3(6)1-2-4(7)8/h4-5,11,15H,1-3,6-8,12-13H2,(H,21,22)(H,23,25);1-2H,(H,5,6)(H,7,8)/b;2-1+/t15-;/m0./s1. The third kappa shape index (κ3) is 8.24. The SMILES string of the molecule is N#Cc1ccc(NCC2(NC(=O)CN3CCC[C@H]3C#N)CCC2)nc1.O=C(O)/C=C/C(=O)O. The van der Waals surface area contributed by atoms with Crippen LogP contribution in [0.3, 0.4) is 0 Å². The number of nitrogens with zero attached hydrogens (tertiary/aromatic N) is 4. The molecule has 0 aromatic carbocycles. The molecule has 2 heterocycles. The number of aromatic nitrogens is 1. The van der Waals surface area contributed by atoms with E-state index in [2.05, 4.69) is 21.7 Å². The highest BCUT2D eigenvalue weighted by Crippen LogP contribution is 2.32. The molecule has 1 aromatic rings. The third-order valence-corrected chi connectivity index (χ3v) is 5.44. The summed E-state index contributed by atoms with van der Waals surface area (Å²) in [7, 11) is 0. The summed E-state index contributed by atoms with van der Waals surface area (Å²) >= 11 is 0. The van der Waals surface area contributed by atoms with Crippen molar-refractivity contribution in [3.63, 3.8) is 0 Å². The lowest BCUT2D eigenvalue weighted by atomic mass is 9.76. The van der Waals surface area contributed by atoms with Crippen LogP contribution in [-0.4, -0.2) is 69.2 Å². The summed E-state index contributed by atoms with van der Waals surface area (Å²) < 4.78 is 0. The summed E-state index contributed by atoms with van der Waals surface area (Å²) in [6.07, 6.45) is 7.43. The number of nitriles is 2. The van der Waals surface area contributed by atoms with Crippen molar-refractivity contribution in [3.8, 4) is 12.1 Å².